The third-order valence-electron chi connectivity index (χ3n) is 6.40. The number of nitro benzene ring substituents is 1. The number of barbiturate groups is 1. The standard InChI is InChI=1S/C23H24N4O5/c1-3-7-19-23(13-16-12-17(27(31)32)10-11-18(16)25(19)2)20(28)24-22(30)26(21(23)29)14-15-8-5-4-6-9-15/h4-6,8-12,19H,3,7,13-14H2,1-2H3,(H,24,28,30). The molecule has 2 heterocycles. The summed E-state index contributed by atoms with van der Waals surface area (Å²) in [5, 5.41) is 13.7. The molecular formula is C23H24N4O5. The van der Waals surface area contributed by atoms with Gasteiger partial charge in [-0.1, -0.05) is 43.7 Å². The van der Waals surface area contributed by atoms with Crippen molar-refractivity contribution in [2.75, 3.05) is 11.9 Å². The monoisotopic (exact) mass is 436 g/mol. The summed E-state index contributed by atoms with van der Waals surface area (Å²) in [5.41, 5.74) is 0.364. The topological polar surface area (TPSA) is 113 Å². The summed E-state index contributed by atoms with van der Waals surface area (Å²) in [7, 11) is 1.78. The van der Waals surface area contributed by atoms with Gasteiger partial charge in [0.2, 0.25) is 11.8 Å². The highest BCUT2D eigenvalue weighted by Crippen LogP contribution is 2.46. The number of anilines is 1. The number of carbonyl (C=O) groups excluding carboxylic acids is 3. The van der Waals surface area contributed by atoms with Crippen molar-refractivity contribution in [1.29, 1.82) is 0 Å². The van der Waals surface area contributed by atoms with Gasteiger partial charge in [-0.05, 0) is 23.6 Å². The molecule has 2 aromatic carbocycles. The fraction of sp³-hybridized carbons (Fsp3) is 0.348. The van der Waals surface area contributed by atoms with Crippen LogP contribution in [0, 0.1) is 15.5 Å². The largest absolute Gasteiger partial charge is 0.370 e. The van der Waals surface area contributed by atoms with E-state index in [1.165, 1.54) is 12.1 Å². The van der Waals surface area contributed by atoms with Crippen LogP contribution in [0.15, 0.2) is 48.5 Å². The Labute approximate surface area is 185 Å². The number of amides is 4. The first-order chi connectivity index (χ1) is 15.3. The van der Waals surface area contributed by atoms with Crippen molar-refractivity contribution >= 4 is 29.2 Å². The number of urea groups is 1. The number of carbonyl (C=O) groups is 3. The summed E-state index contributed by atoms with van der Waals surface area (Å²) < 4.78 is 0. The molecule has 9 heteroatoms. The maximum atomic E-state index is 13.9. The van der Waals surface area contributed by atoms with Crippen LogP contribution in [0.1, 0.15) is 30.9 Å². The second-order valence-electron chi connectivity index (χ2n) is 8.27. The molecule has 2 atom stereocenters. The minimum Gasteiger partial charge on any atom is -0.370 e. The third kappa shape index (κ3) is 3.30. The summed E-state index contributed by atoms with van der Waals surface area (Å²) in [5.74, 6) is -1.23. The van der Waals surface area contributed by atoms with E-state index in [0.29, 0.717) is 18.4 Å². The highest BCUT2D eigenvalue weighted by atomic mass is 16.6. The van der Waals surface area contributed by atoms with Crippen molar-refractivity contribution in [2.24, 2.45) is 5.41 Å². The number of non-ortho nitro benzene ring substituents is 1. The van der Waals surface area contributed by atoms with Crippen LogP contribution in [-0.2, 0) is 22.6 Å². The molecule has 2 aliphatic rings. The highest BCUT2D eigenvalue weighted by Gasteiger charge is 2.61. The number of imide groups is 2. The summed E-state index contributed by atoms with van der Waals surface area (Å²) in [6, 6.07) is 12.3. The lowest BCUT2D eigenvalue weighted by atomic mass is 9.67. The molecule has 2 aliphatic heterocycles. The van der Waals surface area contributed by atoms with Crippen LogP contribution in [0.2, 0.25) is 0 Å². The summed E-state index contributed by atoms with van der Waals surface area (Å²) in [4.78, 5) is 53.6. The average Bonchev–Trinajstić information content (AvgIpc) is 2.78. The molecule has 2 unspecified atom stereocenters. The lowest BCUT2D eigenvalue weighted by Crippen LogP contribution is -2.71. The van der Waals surface area contributed by atoms with Crippen molar-refractivity contribution in [3.8, 4) is 0 Å². The zero-order chi connectivity index (χ0) is 23.0. The first-order valence-corrected chi connectivity index (χ1v) is 10.5. The Morgan fingerprint density at radius 3 is 2.53 bits per heavy atom. The zero-order valence-corrected chi connectivity index (χ0v) is 17.9. The van der Waals surface area contributed by atoms with Gasteiger partial charge in [-0.15, -0.1) is 0 Å². The number of nitro groups is 1. The minimum absolute atomic E-state index is 0.0117. The first-order valence-electron chi connectivity index (χ1n) is 10.5. The minimum atomic E-state index is -1.56. The number of nitrogens with one attached hydrogen (secondary N) is 1. The lowest BCUT2D eigenvalue weighted by molar-refractivity contribution is -0.384. The van der Waals surface area contributed by atoms with Gasteiger partial charge in [0.05, 0.1) is 17.5 Å². The van der Waals surface area contributed by atoms with E-state index < -0.39 is 34.2 Å². The van der Waals surface area contributed by atoms with Gasteiger partial charge >= 0.3 is 6.03 Å². The molecule has 0 bridgehead atoms. The molecule has 1 spiro atoms. The maximum Gasteiger partial charge on any atom is 0.331 e. The fourth-order valence-electron chi connectivity index (χ4n) is 4.87. The zero-order valence-electron chi connectivity index (χ0n) is 17.9. The Morgan fingerprint density at radius 2 is 1.88 bits per heavy atom. The highest BCUT2D eigenvalue weighted by molar-refractivity contribution is 6.20. The van der Waals surface area contributed by atoms with Gasteiger partial charge in [0, 0.05) is 31.3 Å². The lowest BCUT2D eigenvalue weighted by Gasteiger charge is -2.51. The maximum absolute atomic E-state index is 13.9. The van der Waals surface area contributed by atoms with Gasteiger partial charge in [0.1, 0.15) is 0 Å². The van der Waals surface area contributed by atoms with Gasteiger partial charge < -0.3 is 4.90 Å². The molecule has 1 fully saturated rings. The van der Waals surface area contributed by atoms with Crippen LogP contribution in [0.5, 0.6) is 0 Å². The molecule has 0 saturated carbocycles. The predicted octanol–water partition coefficient (Wildman–Crippen LogP) is 3.02. The van der Waals surface area contributed by atoms with E-state index >= 15 is 0 Å². The molecule has 1 N–H and O–H groups in total. The predicted molar refractivity (Wildman–Crippen MR) is 117 cm³/mol. The Morgan fingerprint density at radius 1 is 1.16 bits per heavy atom. The molecule has 0 radical (unpaired) electrons. The van der Waals surface area contributed by atoms with E-state index in [0.717, 1.165) is 16.2 Å². The molecule has 2 aromatic rings. The smallest absolute Gasteiger partial charge is 0.331 e. The van der Waals surface area contributed by atoms with Gasteiger partial charge in [0.25, 0.3) is 5.69 Å². The Kier molecular flexibility index (Phi) is 5.41. The molecule has 4 rings (SSSR count). The second kappa shape index (κ2) is 8.07. The molecule has 9 nitrogen and oxygen atoms in total. The normalized spacial score (nSPS) is 22.7. The number of hydrogen-bond acceptors (Lipinski definition) is 6. The van der Waals surface area contributed by atoms with Crippen molar-refractivity contribution in [3.63, 3.8) is 0 Å². The second-order valence-corrected chi connectivity index (χ2v) is 8.27. The van der Waals surface area contributed by atoms with E-state index in [2.05, 4.69) is 5.32 Å². The summed E-state index contributed by atoms with van der Waals surface area (Å²) in [6.07, 6.45) is 1.24. The summed E-state index contributed by atoms with van der Waals surface area (Å²) >= 11 is 0. The van der Waals surface area contributed by atoms with E-state index in [-0.39, 0.29) is 18.7 Å². The van der Waals surface area contributed by atoms with Crippen LogP contribution in [0.3, 0.4) is 0 Å². The first kappa shape index (κ1) is 21.5. The van der Waals surface area contributed by atoms with Gasteiger partial charge in [-0.3, -0.25) is 29.9 Å². The summed E-state index contributed by atoms with van der Waals surface area (Å²) in [6.45, 7) is 2.00. The van der Waals surface area contributed by atoms with E-state index in [9.17, 15) is 24.5 Å². The Bertz CT molecular complexity index is 1100. The van der Waals surface area contributed by atoms with Crippen LogP contribution in [-0.4, -0.2) is 40.8 Å². The molecule has 32 heavy (non-hydrogen) atoms. The average molecular weight is 436 g/mol. The van der Waals surface area contributed by atoms with Gasteiger partial charge in [-0.25, -0.2) is 4.79 Å². The van der Waals surface area contributed by atoms with E-state index in [4.69, 9.17) is 0 Å². The van der Waals surface area contributed by atoms with Crippen molar-refractivity contribution in [2.45, 2.75) is 38.8 Å². The number of benzene rings is 2. The third-order valence-corrected chi connectivity index (χ3v) is 6.40. The molecule has 0 aromatic heterocycles. The van der Waals surface area contributed by atoms with Crippen molar-refractivity contribution in [1.82, 2.24) is 10.2 Å². The number of rotatable bonds is 5. The van der Waals surface area contributed by atoms with Crippen LogP contribution >= 0.6 is 0 Å². The van der Waals surface area contributed by atoms with Crippen LogP contribution < -0.4 is 10.2 Å². The number of fused-ring (bicyclic) bond motifs is 1. The fourth-order valence-corrected chi connectivity index (χ4v) is 4.87. The molecule has 1 saturated heterocycles. The Hall–Kier alpha value is -3.75. The van der Waals surface area contributed by atoms with Crippen LogP contribution in [0.4, 0.5) is 16.2 Å². The molecular weight excluding hydrogens is 412 g/mol. The van der Waals surface area contributed by atoms with E-state index in [1.807, 2.05) is 30.0 Å². The SMILES string of the molecule is CCCC1N(C)c2ccc([N+](=O)[O-])cc2CC12C(=O)NC(=O)N(Cc1ccccc1)C2=O. The van der Waals surface area contributed by atoms with Gasteiger partial charge in [0.15, 0.2) is 5.41 Å². The van der Waals surface area contributed by atoms with Crippen molar-refractivity contribution < 1.29 is 19.3 Å². The van der Waals surface area contributed by atoms with E-state index in [1.54, 1.807) is 25.2 Å². The van der Waals surface area contributed by atoms with Gasteiger partial charge in [-0.2, -0.15) is 0 Å². The van der Waals surface area contributed by atoms with Crippen LogP contribution in [0.25, 0.3) is 0 Å². The van der Waals surface area contributed by atoms with Crippen molar-refractivity contribution in [3.05, 3.63) is 69.8 Å². The number of hydrogen-bond donors (Lipinski definition) is 1. The Balaban J connectivity index is 1.82. The molecule has 0 aliphatic carbocycles. The molecule has 4 amide bonds. The number of nitrogens with zero attached hydrogens (tertiary/aromatic N) is 3. The molecule has 166 valence electrons. The quantitative estimate of drug-likeness (QED) is 0.438.